The lowest BCUT2D eigenvalue weighted by atomic mass is 10.00. The van der Waals surface area contributed by atoms with Gasteiger partial charge in [0, 0.05) is 15.7 Å². The van der Waals surface area contributed by atoms with Crippen molar-refractivity contribution in [3.63, 3.8) is 0 Å². The number of aliphatic hydroxyl groups is 1. The number of halogens is 1. The molecule has 3 nitrogen and oxygen atoms in total. The molecule has 0 spiro atoms. The first-order valence-corrected chi connectivity index (χ1v) is 5.89. The van der Waals surface area contributed by atoms with Gasteiger partial charge in [0.15, 0.2) is 0 Å². The lowest BCUT2D eigenvalue weighted by molar-refractivity contribution is 0.220. The van der Waals surface area contributed by atoms with Gasteiger partial charge in [-0.15, -0.1) is 0 Å². The highest BCUT2D eigenvalue weighted by molar-refractivity contribution is 9.10. The summed E-state index contributed by atoms with van der Waals surface area (Å²) in [5.41, 5.74) is 7.46. The Hall–Kier alpha value is -1.52. The third-order valence-electron chi connectivity index (χ3n) is 2.53. The van der Waals surface area contributed by atoms with Gasteiger partial charge in [-0.1, -0.05) is 28.1 Å². The number of hydrogen-bond acceptors (Lipinski definition) is 3. The van der Waals surface area contributed by atoms with Crippen LogP contribution in [-0.2, 0) is 0 Å². The van der Waals surface area contributed by atoms with Crippen LogP contribution in [-0.4, -0.2) is 10.2 Å². The van der Waals surface area contributed by atoms with Gasteiger partial charge >= 0.3 is 0 Å². The van der Waals surface area contributed by atoms with E-state index in [1.165, 1.54) is 12.1 Å². The van der Waals surface area contributed by atoms with E-state index >= 15 is 0 Å². The fourth-order valence-electron chi connectivity index (χ4n) is 1.66. The second kappa shape index (κ2) is 4.77. The van der Waals surface area contributed by atoms with Gasteiger partial charge < -0.3 is 15.9 Å². The van der Waals surface area contributed by atoms with Crippen molar-refractivity contribution < 1.29 is 10.2 Å². The summed E-state index contributed by atoms with van der Waals surface area (Å²) < 4.78 is 0.882. The summed E-state index contributed by atoms with van der Waals surface area (Å²) in [4.78, 5) is 0. The van der Waals surface area contributed by atoms with Gasteiger partial charge in [-0.25, -0.2) is 0 Å². The van der Waals surface area contributed by atoms with Gasteiger partial charge in [-0.05, 0) is 35.9 Å². The number of phenolic OH excluding ortho intramolecular Hbond substituents is 1. The van der Waals surface area contributed by atoms with Crippen LogP contribution in [0.5, 0.6) is 5.75 Å². The Kier molecular flexibility index (Phi) is 3.36. The zero-order valence-corrected chi connectivity index (χ0v) is 10.6. The SMILES string of the molecule is Nc1ccc(O)cc1C(O)c1cccc(Br)c1. The molecule has 0 aliphatic heterocycles. The zero-order chi connectivity index (χ0) is 12.4. The molecule has 4 N–H and O–H groups in total. The Bertz CT molecular complexity index is 543. The van der Waals surface area contributed by atoms with Gasteiger partial charge in [0.1, 0.15) is 11.9 Å². The van der Waals surface area contributed by atoms with Gasteiger partial charge in [-0.2, -0.15) is 0 Å². The summed E-state index contributed by atoms with van der Waals surface area (Å²) >= 11 is 3.34. The molecule has 2 rings (SSSR count). The molecular weight excluding hydrogens is 282 g/mol. The number of rotatable bonds is 2. The number of hydrogen-bond donors (Lipinski definition) is 3. The number of phenols is 1. The molecule has 0 amide bonds. The average Bonchev–Trinajstić information content (AvgIpc) is 2.31. The Morgan fingerprint density at radius 3 is 2.59 bits per heavy atom. The third kappa shape index (κ3) is 2.60. The van der Waals surface area contributed by atoms with E-state index in [2.05, 4.69) is 15.9 Å². The molecule has 0 bridgehead atoms. The molecule has 0 aliphatic carbocycles. The van der Waals surface area contributed by atoms with Crippen LogP contribution in [0.1, 0.15) is 17.2 Å². The molecule has 0 saturated heterocycles. The highest BCUT2D eigenvalue weighted by Gasteiger charge is 2.14. The maximum atomic E-state index is 10.2. The molecule has 2 aromatic carbocycles. The molecule has 0 heterocycles. The number of nitrogen functional groups attached to an aromatic ring is 1. The first-order valence-electron chi connectivity index (χ1n) is 5.10. The van der Waals surface area contributed by atoms with Crippen molar-refractivity contribution in [1.82, 2.24) is 0 Å². The van der Waals surface area contributed by atoms with Crippen molar-refractivity contribution in [2.75, 3.05) is 5.73 Å². The standard InChI is InChI=1S/C13H12BrNO2/c14-9-3-1-2-8(6-9)13(17)11-7-10(16)4-5-12(11)15/h1-7,13,16-17H,15H2. The number of aliphatic hydroxyl groups excluding tert-OH is 1. The highest BCUT2D eigenvalue weighted by atomic mass is 79.9. The van der Waals surface area contributed by atoms with Crippen LogP contribution in [0, 0.1) is 0 Å². The molecular formula is C13H12BrNO2. The molecule has 0 fully saturated rings. The van der Waals surface area contributed by atoms with E-state index in [0.717, 1.165) is 10.0 Å². The first kappa shape index (κ1) is 12.0. The van der Waals surface area contributed by atoms with Crippen molar-refractivity contribution in [2.24, 2.45) is 0 Å². The lowest BCUT2D eigenvalue weighted by Gasteiger charge is -2.14. The summed E-state index contributed by atoms with van der Waals surface area (Å²) in [6, 6.07) is 11.9. The van der Waals surface area contributed by atoms with Gasteiger partial charge in [0.2, 0.25) is 0 Å². The third-order valence-corrected chi connectivity index (χ3v) is 3.02. The van der Waals surface area contributed by atoms with Crippen molar-refractivity contribution in [1.29, 1.82) is 0 Å². The maximum absolute atomic E-state index is 10.2. The molecule has 0 aromatic heterocycles. The van der Waals surface area contributed by atoms with Crippen LogP contribution in [0.25, 0.3) is 0 Å². The normalized spacial score (nSPS) is 12.4. The van der Waals surface area contributed by atoms with Crippen molar-refractivity contribution >= 4 is 21.6 Å². The summed E-state index contributed by atoms with van der Waals surface area (Å²) in [5.74, 6) is 0.0863. The fourth-order valence-corrected chi connectivity index (χ4v) is 2.07. The van der Waals surface area contributed by atoms with E-state index in [4.69, 9.17) is 5.73 Å². The Labute approximate surface area is 108 Å². The molecule has 1 unspecified atom stereocenters. The molecule has 0 saturated carbocycles. The largest absolute Gasteiger partial charge is 0.508 e. The van der Waals surface area contributed by atoms with Crippen LogP contribution in [0.2, 0.25) is 0 Å². The quantitative estimate of drug-likeness (QED) is 0.589. The van der Waals surface area contributed by atoms with E-state index < -0.39 is 6.10 Å². The van der Waals surface area contributed by atoms with Crippen LogP contribution in [0.4, 0.5) is 5.69 Å². The van der Waals surface area contributed by atoms with E-state index in [1.807, 2.05) is 18.2 Å². The second-order valence-electron chi connectivity index (χ2n) is 3.77. The minimum Gasteiger partial charge on any atom is -0.508 e. The Morgan fingerprint density at radius 2 is 1.88 bits per heavy atom. The molecule has 17 heavy (non-hydrogen) atoms. The van der Waals surface area contributed by atoms with Crippen LogP contribution < -0.4 is 5.73 Å². The summed E-state index contributed by atoms with van der Waals surface area (Å²) in [6.07, 6.45) is -0.848. The van der Waals surface area contributed by atoms with E-state index in [-0.39, 0.29) is 5.75 Å². The van der Waals surface area contributed by atoms with Gasteiger partial charge in [0.05, 0.1) is 0 Å². The second-order valence-corrected chi connectivity index (χ2v) is 4.69. The van der Waals surface area contributed by atoms with Gasteiger partial charge in [-0.3, -0.25) is 0 Å². The predicted octanol–water partition coefficient (Wildman–Crippen LogP) is 2.82. The minimum atomic E-state index is -0.848. The van der Waals surface area contributed by atoms with Crippen molar-refractivity contribution in [2.45, 2.75) is 6.10 Å². The molecule has 2 aromatic rings. The predicted molar refractivity (Wildman–Crippen MR) is 70.7 cm³/mol. The topological polar surface area (TPSA) is 66.5 Å². The van der Waals surface area contributed by atoms with E-state index in [9.17, 15) is 10.2 Å². The van der Waals surface area contributed by atoms with Crippen molar-refractivity contribution in [3.05, 3.63) is 58.1 Å². The lowest BCUT2D eigenvalue weighted by Crippen LogP contribution is -2.03. The smallest absolute Gasteiger partial charge is 0.116 e. The molecule has 88 valence electrons. The maximum Gasteiger partial charge on any atom is 0.116 e. The number of anilines is 1. The van der Waals surface area contributed by atoms with Crippen LogP contribution >= 0.6 is 15.9 Å². The van der Waals surface area contributed by atoms with Crippen molar-refractivity contribution in [3.8, 4) is 5.75 Å². The van der Waals surface area contributed by atoms with Crippen LogP contribution in [0.3, 0.4) is 0 Å². The summed E-state index contributed by atoms with van der Waals surface area (Å²) in [7, 11) is 0. The van der Waals surface area contributed by atoms with E-state index in [0.29, 0.717) is 11.3 Å². The summed E-state index contributed by atoms with van der Waals surface area (Å²) in [5, 5.41) is 19.6. The zero-order valence-electron chi connectivity index (χ0n) is 8.97. The van der Waals surface area contributed by atoms with E-state index in [1.54, 1.807) is 12.1 Å². The fraction of sp³-hybridized carbons (Fsp3) is 0.0769. The number of benzene rings is 2. The van der Waals surface area contributed by atoms with Gasteiger partial charge in [0.25, 0.3) is 0 Å². The molecule has 0 aliphatic rings. The molecule has 0 radical (unpaired) electrons. The van der Waals surface area contributed by atoms with Crippen LogP contribution in [0.15, 0.2) is 46.9 Å². The first-order chi connectivity index (χ1) is 8.08. The Morgan fingerprint density at radius 1 is 1.12 bits per heavy atom. The number of aromatic hydroxyl groups is 1. The number of nitrogens with two attached hydrogens (primary N) is 1. The molecule has 4 heteroatoms. The minimum absolute atomic E-state index is 0.0863. The average molecular weight is 294 g/mol. The highest BCUT2D eigenvalue weighted by Crippen LogP contribution is 2.30. The monoisotopic (exact) mass is 293 g/mol. The summed E-state index contributed by atoms with van der Waals surface area (Å²) in [6.45, 7) is 0. The molecule has 1 atom stereocenters. The Balaban J connectivity index is 2.43.